The van der Waals surface area contributed by atoms with Crippen LogP contribution in [0.25, 0.3) is 0 Å². The average Bonchev–Trinajstić information content (AvgIpc) is 3.23. The highest BCUT2D eigenvalue weighted by Crippen LogP contribution is 2.59. The Morgan fingerprint density at radius 3 is 2.50 bits per heavy atom. The van der Waals surface area contributed by atoms with E-state index in [9.17, 15) is 4.79 Å². The SMILES string of the molecule is Cl.O=C(C1CC12CCNCC2)N(Cc1ccccc1)CC1CCC1. The Morgan fingerprint density at radius 2 is 1.88 bits per heavy atom. The first-order valence-corrected chi connectivity index (χ1v) is 9.30. The van der Waals surface area contributed by atoms with Crippen LogP contribution in [0.4, 0.5) is 0 Å². The Balaban J connectivity index is 0.00000169. The van der Waals surface area contributed by atoms with Crippen molar-refractivity contribution in [3.8, 4) is 0 Å². The van der Waals surface area contributed by atoms with E-state index in [0.29, 0.717) is 17.2 Å². The minimum atomic E-state index is 0. The quantitative estimate of drug-likeness (QED) is 0.881. The van der Waals surface area contributed by atoms with Gasteiger partial charge in [0.2, 0.25) is 5.91 Å². The van der Waals surface area contributed by atoms with E-state index in [4.69, 9.17) is 0 Å². The van der Waals surface area contributed by atoms with Crippen LogP contribution in [-0.2, 0) is 11.3 Å². The van der Waals surface area contributed by atoms with Gasteiger partial charge in [0.05, 0.1) is 0 Å². The summed E-state index contributed by atoms with van der Waals surface area (Å²) in [5.74, 6) is 1.47. The molecule has 4 rings (SSSR count). The van der Waals surface area contributed by atoms with Crippen molar-refractivity contribution < 1.29 is 4.79 Å². The molecule has 1 heterocycles. The van der Waals surface area contributed by atoms with E-state index in [1.54, 1.807) is 0 Å². The minimum Gasteiger partial charge on any atom is -0.338 e. The standard InChI is InChI=1S/C20H28N2O.ClH/c23-19(18-13-20(18)9-11-21-12-10-20)22(15-17-7-4-8-17)14-16-5-2-1-3-6-16;/h1-3,5-6,17-18,21H,4,7-15H2;1H. The van der Waals surface area contributed by atoms with Crippen LogP contribution in [0.3, 0.4) is 0 Å². The molecule has 24 heavy (non-hydrogen) atoms. The number of nitrogens with one attached hydrogen (secondary N) is 1. The summed E-state index contributed by atoms with van der Waals surface area (Å²) in [6.45, 7) is 3.94. The number of piperidine rings is 1. The lowest BCUT2D eigenvalue weighted by Gasteiger charge is -2.33. The lowest BCUT2D eigenvalue weighted by atomic mass is 9.84. The average molecular weight is 349 g/mol. The van der Waals surface area contributed by atoms with Crippen molar-refractivity contribution >= 4 is 18.3 Å². The Bertz CT molecular complexity index is 552. The van der Waals surface area contributed by atoms with Crippen LogP contribution >= 0.6 is 12.4 Å². The van der Waals surface area contributed by atoms with Gasteiger partial charge in [0.25, 0.3) is 0 Å². The van der Waals surface area contributed by atoms with Crippen LogP contribution < -0.4 is 5.32 Å². The first kappa shape index (κ1) is 17.8. The van der Waals surface area contributed by atoms with Crippen molar-refractivity contribution in [2.45, 2.75) is 45.1 Å². The van der Waals surface area contributed by atoms with Gasteiger partial charge in [-0.1, -0.05) is 36.8 Å². The predicted octanol–water partition coefficient (Wildman–Crippen LogP) is 3.63. The van der Waals surface area contributed by atoms with Gasteiger partial charge in [-0.3, -0.25) is 4.79 Å². The van der Waals surface area contributed by atoms with Crippen LogP contribution in [-0.4, -0.2) is 30.4 Å². The highest BCUT2D eigenvalue weighted by atomic mass is 35.5. The van der Waals surface area contributed by atoms with Gasteiger partial charge in [-0.15, -0.1) is 12.4 Å². The maximum Gasteiger partial charge on any atom is 0.226 e. The monoisotopic (exact) mass is 348 g/mol. The van der Waals surface area contributed by atoms with Gasteiger partial charge < -0.3 is 10.2 Å². The van der Waals surface area contributed by atoms with Crippen LogP contribution in [0.1, 0.15) is 44.1 Å². The molecule has 2 saturated carbocycles. The molecule has 3 nitrogen and oxygen atoms in total. The van der Waals surface area contributed by atoms with Crippen molar-refractivity contribution in [1.82, 2.24) is 10.2 Å². The van der Waals surface area contributed by atoms with Crippen LogP contribution in [0.15, 0.2) is 30.3 Å². The number of carbonyl (C=O) groups excluding carboxylic acids is 1. The number of benzene rings is 1. The largest absolute Gasteiger partial charge is 0.338 e. The minimum absolute atomic E-state index is 0. The van der Waals surface area contributed by atoms with E-state index in [0.717, 1.165) is 38.5 Å². The first-order chi connectivity index (χ1) is 11.3. The number of hydrogen-bond donors (Lipinski definition) is 1. The molecule has 132 valence electrons. The van der Waals surface area contributed by atoms with Gasteiger partial charge >= 0.3 is 0 Å². The second-order valence-electron chi connectivity index (χ2n) is 7.87. The molecule has 1 aliphatic heterocycles. The van der Waals surface area contributed by atoms with Crippen molar-refractivity contribution in [2.24, 2.45) is 17.3 Å². The van der Waals surface area contributed by atoms with E-state index < -0.39 is 0 Å². The molecular formula is C20H29ClN2O. The van der Waals surface area contributed by atoms with Crippen molar-refractivity contribution in [3.05, 3.63) is 35.9 Å². The van der Waals surface area contributed by atoms with Gasteiger partial charge in [0.15, 0.2) is 0 Å². The summed E-state index contributed by atoms with van der Waals surface area (Å²) in [6.07, 6.45) is 7.45. The van der Waals surface area contributed by atoms with Crippen molar-refractivity contribution in [1.29, 1.82) is 0 Å². The molecule has 1 atom stereocenters. The van der Waals surface area contributed by atoms with Gasteiger partial charge in [-0.25, -0.2) is 0 Å². The van der Waals surface area contributed by atoms with Gasteiger partial charge in [-0.05, 0) is 62.1 Å². The summed E-state index contributed by atoms with van der Waals surface area (Å²) < 4.78 is 0. The molecular weight excluding hydrogens is 320 g/mol. The zero-order chi connectivity index (χ0) is 15.7. The molecule has 4 heteroatoms. The second-order valence-corrected chi connectivity index (χ2v) is 7.87. The summed E-state index contributed by atoms with van der Waals surface area (Å²) in [5, 5.41) is 3.43. The summed E-state index contributed by atoms with van der Waals surface area (Å²) in [5.41, 5.74) is 1.61. The highest BCUT2D eigenvalue weighted by molar-refractivity contribution is 5.85. The van der Waals surface area contributed by atoms with E-state index in [2.05, 4.69) is 34.5 Å². The third kappa shape index (κ3) is 3.62. The molecule has 1 amide bonds. The van der Waals surface area contributed by atoms with Crippen LogP contribution in [0.5, 0.6) is 0 Å². The number of rotatable bonds is 5. The predicted molar refractivity (Wildman–Crippen MR) is 99.1 cm³/mol. The highest BCUT2D eigenvalue weighted by Gasteiger charge is 2.58. The Morgan fingerprint density at radius 1 is 1.17 bits per heavy atom. The number of amides is 1. The third-order valence-electron chi connectivity index (χ3n) is 6.32. The van der Waals surface area contributed by atoms with Crippen LogP contribution in [0, 0.1) is 17.3 Å². The molecule has 3 aliphatic rings. The summed E-state index contributed by atoms with van der Waals surface area (Å²) in [7, 11) is 0. The molecule has 1 N–H and O–H groups in total. The molecule has 0 radical (unpaired) electrons. The topological polar surface area (TPSA) is 32.3 Å². The lowest BCUT2D eigenvalue weighted by Crippen LogP contribution is -2.40. The van der Waals surface area contributed by atoms with E-state index in [-0.39, 0.29) is 12.4 Å². The Labute approximate surface area is 151 Å². The third-order valence-corrected chi connectivity index (χ3v) is 6.32. The second kappa shape index (κ2) is 7.45. The van der Waals surface area contributed by atoms with E-state index in [1.807, 2.05) is 6.07 Å². The number of nitrogens with zero attached hydrogens (tertiary/aromatic N) is 1. The van der Waals surface area contributed by atoms with E-state index >= 15 is 0 Å². The fourth-order valence-corrected chi connectivity index (χ4v) is 4.42. The zero-order valence-electron chi connectivity index (χ0n) is 14.4. The van der Waals surface area contributed by atoms with Gasteiger partial charge in [-0.2, -0.15) is 0 Å². The summed E-state index contributed by atoms with van der Waals surface area (Å²) >= 11 is 0. The molecule has 1 aromatic rings. The Kier molecular flexibility index (Phi) is 5.51. The number of carbonyl (C=O) groups is 1. The van der Waals surface area contributed by atoms with Crippen molar-refractivity contribution in [2.75, 3.05) is 19.6 Å². The molecule has 0 aromatic heterocycles. The molecule has 3 fully saturated rings. The molecule has 0 bridgehead atoms. The zero-order valence-corrected chi connectivity index (χ0v) is 15.2. The normalized spacial score (nSPS) is 24.8. The fraction of sp³-hybridized carbons (Fsp3) is 0.650. The fourth-order valence-electron chi connectivity index (χ4n) is 4.42. The van der Waals surface area contributed by atoms with Crippen molar-refractivity contribution in [3.63, 3.8) is 0 Å². The maximum absolute atomic E-state index is 13.2. The molecule has 2 aliphatic carbocycles. The van der Waals surface area contributed by atoms with Gasteiger partial charge in [0, 0.05) is 19.0 Å². The maximum atomic E-state index is 13.2. The van der Waals surface area contributed by atoms with Crippen LogP contribution in [0.2, 0.25) is 0 Å². The smallest absolute Gasteiger partial charge is 0.226 e. The molecule has 1 unspecified atom stereocenters. The molecule has 1 aromatic carbocycles. The summed E-state index contributed by atoms with van der Waals surface area (Å²) in [4.78, 5) is 15.3. The molecule has 1 spiro atoms. The Hall–Kier alpha value is -1.06. The lowest BCUT2D eigenvalue weighted by molar-refractivity contribution is -0.135. The molecule has 1 saturated heterocycles. The number of hydrogen-bond acceptors (Lipinski definition) is 2. The van der Waals surface area contributed by atoms with E-state index in [1.165, 1.54) is 37.7 Å². The van der Waals surface area contributed by atoms with Gasteiger partial charge in [0.1, 0.15) is 0 Å². The summed E-state index contributed by atoms with van der Waals surface area (Å²) in [6, 6.07) is 10.5. The first-order valence-electron chi connectivity index (χ1n) is 9.30. The number of halogens is 1.